The first-order chi connectivity index (χ1) is 13.5. The molecule has 0 bridgehead atoms. The van der Waals surface area contributed by atoms with Gasteiger partial charge in [0.25, 0.3) is 0 Å². The molecule has 0 aromatic heterocycles. The van der Waals surface area contributed by atoms with Crippen LogP contribution in [0.5, 0.6) is 0 Å². The Hall–Kier alpha value is -2.09. The third-order valence-electron chi connectivity index (χ3n) is 4.46. The number of rotatable bonds is 8. The number of ether oxygens (including phenoxy) is 3. The van der Waals surface area contributed by atoms with Gasteiger partial charge in [-0.15, -0.1) is 0 Å². The molecule has 1 aliphatic carbocycles. The number of esters is 1. The van der Waals surface area contributed by atoms with Crippen LogP contribution in [0.1, 0.15) is 67.7 Å². The SMILES string of the molecule is CCOC(=O)C1=CC(OC(CC)CC)[C@H](NC(C)=O)C(NC(=O)OC(C)(C)C)C1. The molecule has 0 fully saturated rings. The number of hydrogen-bond donors (Lipinski definition) is 2. The van der Waals surface area contributed by atoms with Crippen molar-refractivity contribution in [2.75, 3.05) is 6.61 Å². The van der Waals surface area contributed by atoms with Crippen LogP contribution in [0.3, 0.4) is 0 Å². The molecule has 8 heteroatoms. The zero-order valence-corrected chi connectivity index (χ0v) is 18.7. The minimum absolute atomic E-state index is 0.0452. The summed E-state index contributed by atoms with van der Waals surface area (Å²) in [6.45, 7) is 12.7. The number of nitrogens with one attached hydrogen (secondary N) is 2. The Morgan fingerprint density at radius 2 is 1.76 bits per heavy atom. The minimum atomic E-state index is -0.673. The maximum atomic E-state index is 12.4. The van der Waals surface area contributed by atoms with Crippen molar-refractivity contribution in [3.8, 4) is 0 Å². The molecule has 0 radical (unpaired) electrons. The maximum absolute atomic E-state index is 12.4. The van der Waals surface area contributed by atoms with E-state index in [1.165, 1.54) is 6.92 Å². The Morgan fingerprint density at radius 1 is 1.14 bits per heavy atom. The number of hydrogen-bond acceptors (Lipinski definition) is 6. The van der Waals surface area contributed by atoms with Crippen LogP contribution in [0.15, 0.2) is 11.6 Å². The van der Waals surface area contributed by atoms with Gasteiger partial charge in [0.2, 0.25) is 5.91 Å². The molecule has 8 nitrogen and oxygen atoms in total. The molecule has 166 valence electrons. The molecule has 3 atom stereocenters. The van der Waals surface area contributed by atoms with Crippen LogP contribution in [-0.4, -0.2) is 54.5 Å². The summed E-state index contributed by atoms with van der Waals surface area (Å²) in [5, 5.41) is 5.66. The van der Waals surface area contributed by atoms with Crippen LogP contribution in [-0.2, 0) is 23.8 Å². The molecule has 2 N–H and O–H groups in total. The Kier molecular flexibility index (Phi) is 9.62. The summed E-state index contributed by atoms with van der Waals surface area (Å²) in [5.74, 6) is -0.708. The van der Waals surface area contributed by atoms with Crippen molar-refractivity contribution in [2.45, 2.75) is 97.6 Å². The minimum Gasteiger partial charge on any atom is -0.463 e. The van der Waals surface area contributed by atoms with Gasteiger partial charge in [-0.25, -0.2) is 9.59 Å². The summed E-state index contributed by atoms with van der Waals surface area (Å²) in [6.07, 6.45) is 2.21. The summed E-state index contributed by atoms with van der Waals surface area (Å²) in [6, 6.07) is -1.13. The van der Waals surface area contributed by atoms with Crippen molar-refractivity contribution >= 4 is 18.0 Å². The number of amides is 2. The van der Waals surface area contributed by atoms with Crippen LogP contribution in [0.4, 0.5) is 4.79 Å². The van der Waals surface area contributed by atoms with E-state index >= 15 is 0 Å². The molecule has 1 rings (SSSR count). The quantitative estimate of drug-likeness (QED) is 0.594. The van der Waals surface area contributed by atoms with Gasteiger partial charge in [-0.05, 0) is 46.6 Å². The molecule has 0 aliphatic heterocycles. The zero-order valence-electron chi connectivity index (χ0n) is 18.7. The van der Waals surface area contributed by atoms with Crippen molar-refractivity contribution in [3.05, 3.63) is 11.6 Å². The van der Waals surface area contributed by atoms with Gasteiger partial charge >= 0.3 is 12.1 Å². The van der Waals surface area contributed by atoms with E-state index in [4.69, 9.17) is 14.2 Å². The highest BCUT2D eigenvalue weighted by Gasteiger charge is 2.39. The van der Waals surface area contributed by atoms with E-state index in [1.807, 2.05) is 13.8 Å². The second kappa shape index (κ2) is 11.2. The smallest absolute Gasteiger partial charge is 0.407 e. The normalized spacial score (nSPS) is 21.9. The molecular weight excluding hydrogens is 376 g/mol. The van der Waals surface area contributed by atoms with Gasteiger partial charge < -0.3 is 24.8 Å². The highest BCUT2D eigenvalue weighted by atomic mass is 16.6. The maximum Gasteiger partial charge on any atom is 0.407 e. The molecule has 0 aromatic carbocycles. The first-order valence-corrected chi connectivity index (χ1v) is 10.3. The largest absolute Gasteiger partial charge is 0.463 e. The van der Waals surface area contributed by atoms with Crippen molar-refractivity contribution in [2.24, 2.45) is 0 Å². The molecule has 0 saturated heterocycles. The van der Waals surface area contributed by atoms with E-state index in [2.05, 4.69) is 10.6 Å². The van der Waals surface area contributed by atoms with Gasteiger partial charge in [-0.1, -0.05) is 13.8 Å². The van der Waals surface area contributed by atoms with E-state index < -0.39 is 35.9 Å². The molecule has 0 heterocycles. The summed E-state index contributed by atoms with van der Waals surface area (Å²) in [4.78, 5) is 36.6. The zero-order chi connectivity index (χ0) is 22.2. The van der Waals surface area contributed by atoms with Crippen molar-refractivity contribution in [3.63, 3.8) is 0 Å². The Morgan fingerprint density at radius 3 is 2.24 bits per heavy atom. The van der Waals surface area contributed by atoms with E-state index in [1.54, 1.807) is 33.8 Å². The third-order valence-corrected chi connectivity index (χ3v) is 4.46. The second-order valence-corrected chi connectivity index (χ2v) is 8.13. The topological polar surface area (TPSA) is 103 Å². The molecule has 2 amide bonds. The lowest BCUT2D eigenvalue weighted by molar-refractivity contribution is -0.139. The van der Waals surface area contributed by atoms with E-state index in [-0.39, 0.29) is 25.0 Å². The fourth-order valence-electron chi connectivity index (χ4n) is 3.18. The summed E-state index contributed by atoms with van der Waals surface area (Å²) >= 11 is 0. The van der Waals surface area contributed by atoms with E-state index in [0.717, 1.165) is 12.8 Å². The van der Waals surface area contributed by atoms with Crippen LogP contribution >= 0.6 is 0 Å². The van der Waals surface area contributed by atoms with Crippen LogP contribution in [0.25, 0.3) is 0 Å². The first-order valence-electron chi connectivity index (χ1n) is 10.3. The van der Waals surface area contributed by atoms with Crippen LogP contribution in [0.2, 0.25) is 0 Å². The number of carbonyl (C=O) groups is 3. The van der Waals surface area contributed by atoms with Gasteiger partial charge in [0.15, 0.2) is 0 Å². The number of carbonyl (C=O) groups excluding carboxylic acids is 3. The van der Waals surface area contributed by atoms with Gasteiger partial charge in [0.1, 0.15) is 5.60 Å². The molecule has 0 aromatic rings. The molecule has 0 saturated carbocycles. The Bertz CT molecular complexity index is 607. The molecule has 2 unspecified atom stereocenters. The summed E-state index contributed by atoms with van der Waals surface area (Å²) in [7, 11) is 0. The average Bonchev–Trinajstić information content (AvgIpc) is 2.59. The van der Waals surface area contributed by atoms with Gasteiger partial charge in [0, 0.05) is 18.9 Å². The van der Waals surface area contributed by atoms with Crippen molar-refractivity contribution in [1.82, 2.24) is 10.6 Å². The predicted octanol–water partition coefficient (Wildman–Crippen LogP) is 2.85. The van der Waals surface area contributed by atoms with Crippen molar-refractivity contribution in [1.29, 1.82) is 0 Å². The molecular formula is C21H36N2O6. The van der Waals surface area contributed by atoms with E-state index in [0.29, 0.717) is 5.57 Å². The first kappa shape index (κ1) is 24.9. The lowest BCUT2D eigenvalue weighted by atomic mass is 9.87. The molecule has 1 aliphatic rings. The summed E-state index contributed by atoms with van der Waals surface area (Å²) < 4.78 is 16.7. The predicted molar refractivity (Wildman–Crippen MR) is 109 cm³/mol. The van der Waals surface area contributed by atoms with Gasteiger partial charge in [0.05, 0.1) is 30.9 Å². The lowest BCUT2D eigenvalue weighted by Gasteiger charge is -2.38. The number of alkyl carbamates (subject to hydrolysis) is 1. The summed E-state index contributed by atoms with van der Waals surface area (Å²) in [5.41, 5.74) is -0.265. The van der Waals surface area contributed by atoms with Crippen molar-refractivity contribution < 1.29 is 28.6 Å². The lowest BCUT2D eigenvalue weighted by Crippen LogP contribution is -2.60. The molecule has 29 heavy (non-hydrogen) atoms. The van der Waals surface area contributed by atoms with Crippen LogP contribution < -0.4 is 10.6 Å². The highest BCUT2D eigenvalue weighted by molar-refractivity contribution is 5.89. The van der Waals surface area contributed by atoms with Gasteiger partial charge in [-0.2, -0.15) is 0 Å². The fraction of sp³-hybridized carbons (Fsp3) is 0.762. The Labute approximate surface area is 173 Å². The van der Waals surface area contributed by atoms with E-state index in [9.17, 15) is 14.4 Å². The standard InChI is InChI=1S/C21H36N2O6/c1-8-15(9-2)28-17-12-14(19(25)27-10-3)11-16(18(17)22-13(4)24)23-20(26)29-21(5,6)7/h12,15-18H,8-11H2,1-7H3,(H,22,24)(H,23,26)/t16?,17?,18-/m1/s1. The average molecular weight is 413 g/mol. The highest BCUT2D eigenvalue weighted by Crippen LogP contribution is 2.25. The molecule has 0 spiro atoms. The van der Waals surface area contributed by atoms with Crippen LogP contribution in [0, 0.1) is 0 Å². The second-order valence-electron chi connectivity index (χ2n) is 8.13. The monoisotopic (exact) mass is 412 g/mol. The third kappa shape index (κ3) is 8.43. The van der Waals surface area contributed by atoms with Gasteiger partial charge in [-0.3, -0.25) is 4.79 Å². The fourth-order valence-corrected chi connectivity index (χ4v) is 3.18. The Balaban J connectivity index is 3.20.